The van der Waals surface area contributed by atoms with Gasteiger partial charge in [0.1, 0.15) is 0 Å². The first kappa shape index (κ1) is 9.96. The molecule has 4 heteroatoms. The van der Waals surface area contributed by atoms with Crippen LogP contribution >= 0.6 is 27.3 Å². The molecule has 0 fully saturated rings. The molecule has 1 unspecified atom stereocenters. The largest absolute Gasteiger partial charge is 0.472 e. The number of hydrogen-bond donors (Lipinski definition) is 1. The van der Waals surface area contributed by atoms with E-state index in [-0.39, 0.29) is 0 Å². The summed E-state index contributed by atoms with van der Waals surface area (Å²) in [5.41, 5.74) is 0.828. The lowest BCUT2D eigenvalue weighted by atomic mass is 10.1. The van der Waals surface area contributed by atoms with Crippen molar-refractivity contribution in [2.75, 3.05) is 0 Å². The summed E-state index contributed by atoms with van der Waals surface area (Å²) in [5.74, 6) is 0. The topological polar surface area (TPSA) is 33.4 Å². The molecule has 2 aromatic rings. The maximum atomic E-state index is 9.80. The maximum absolute atomic E-state index is 9.80. The molecule has 74 valence electrons. The molecule has 2 aromatic heterocycles. The van der Waals surface area contributed by atoms with E-state index in [0.29, 0.717) is 6.42 Å². The number of aliphatic hydroxyl groups is 1. The SMILES string of the molecule is OC(Cc1cc(Br)cs1)c1ccoc1. The van der Waals surface area contributed by atoms with Crippen molar-refractivity contribution in [2.45, 2.75) is 12.5 Å². The van der Waals surface area contributed by atoms with Gasteiger partial charge < -0.3 is 9.52 Å². The van der Waals surface area contributed by atoms with Crippen molar-refractivity contribution >= 4 is 27.3 Å². The lowest BCUT2D eigenvalue weighted by Crippen LogP contribution is -1.98. The van der Waals surface area contributed by atoms with E-state index in [2.05, 4.69) is 15.9 Å². The molecule has 1 atom stereocenters. The molecule has 0 saturated carbocycles. The van der Waals surface area contributed by atoms with E-state index >= 15 is 0 Å². The monoisotopic (exact) mass is 272 g/mol. The minimum atomic E-state index is -0.473. The standard InChI is InChI=1S/C10H9BrO2S/c11-8-3-9(14-6-8)4-10(12)7-1-2-13-5-7/h1-3,5-6,10,12H,4H2. The quantitative estimate of drug-likeness (QED) is 0.930. The smallest absolute Gasteiger partial charge is 0.0960 e. The Morgan fingerprint density at radius 1 is 1.57 bits per heavy atom. The summed E-state index contributed by atoms with van der Waals surface area (Å²) < 4.78 is 5.98. The van der Waals surface area contributed by atoms with Gasteiger partial charge in [0.05, 0.1) is 18.6 Å². The van der Waals surface area contributed by atoms with Gasteiger partial charge in [-0.3, -0.25) is 0 Å². The van der Waals surface area contributed by atoms with Crippen LogP contribution in [0.1, 0.15) is 16.5 Å². The zero-order valence-corrected chi connectivity index (χ0v) is 9.72. The molecule has 1 N–H and O–H groups in total. The van der Waals surface area contributed by atoms with Crippen molar-refractivity contribution in [2.24, 2.45) is 0 Å². The van der Waals surface area contributed by atoms with Gasteiger partial charge in [-0.2, -0.15) is 0 Å². The second-order valence-electron chi connectivity index (χ2n) is 3.01. The molecule has 0 aromatic carbocycles. The van der Waals surface area contributed by atoms with Crippen molar-refractivity contribution in [3.63, 3.8) is 0 Å². The number of hydrogen-bond acceptors (Lipinski definition) is 3. The Bertz CT molecular complexity index is 394. The molecule has 0 spiro atoms. The Balaban J connectivity index is 2.05. The van der Waals surface area contributed by atoms with Crippen LogP contribution in [0.15, 0.2) is 38.9 Å². The molecule has 0 saturated heterocycles. The molecule has 0 bridgehead atoms. The molecule has 0 amide bonds. The van der Waals surface area contributed by atoms with Gasteiger partial charge in [-0.25, -0.2) is 0 Å². The Morgan fingerprint density at radius 2 is 2.43 bits per heavy atom. The summed E-state index contributed by atoms with van der Waals surface area (Å²) in [4.78, 5) is 1.16. The first-order valence-corrected chi connectivity index (χ1v) is 5.86. The van der Waals surface area contributed by atoms with Gasteiger partial charge in [-0.15, -0.1) is 11.3 Å². The summed E-state index contributed by atoms with van der Waals surface area (Å²) in [5, 5.41) is 11.8. The summed E-state index contributed by atoms with van der Waals surface area (Å²) in [6.45, 7) is 0. The average Bonchev–Trinajstić information content (AvgIpc) is 2.75. The molecule has 2 nitrogen and oxygen atoms in total. The first-order valence-electron chi connectivity index (χ1n) is 4.19. The van der Waals surface area contributed by atoms with Crippen molar-refractivity contribution in [3.8, 4) is 0 Å². The Morgan fingerprint density at radius 3 is 3.00 bits per heavy atom. The van der Waals surface area contributed by atoms with Crippen LogP contribution in [0, 0.1) is 0 Å². The normalized spacial score (nSPS) is 13.0. The first-order chi connectivity index (χ1) is 6.75. The Hall–Kier alpha value is -0.580. The maximum Gasteiger partial charge on any atom is 0.0960 e. The highest BCUT2D eigenvalue weighted by atomic mass is 79.9. The minimum Gasteiger partial charge on any atom is -0.472 e. The molecule has 14 heavy (non-hydrogen) atoms. The van der Waals surface area contributed by atoms with Crippen LogP contribution in [-0.2, 0) is 6.42 Å². The minimum absolute atomic E-state index is 0.473. The van der Waals surface area contributed by atoms with Gasteiger partial charge in [0.2, 0.25) is 0 Å². The zero-order valence-electron chi connectivity index (χ0n) is 7.31. The fraction of sp³-hybridized carbons (Fsp3) is 0.200. The number of halogens is 1. The lowest BCUT2D eigenvalue weighted by Gasteiger charge is -2.05. The van der Waals surface area contributed by atoms with Gasteiger partial charge in [-0.1, -0.05) is 0 Å². The molecule has 0 radical (unpaired) electrons. The predicted molar refractivity (Wildman–Crippen MR) is 59.4 cm³/mol. The number of aliphatic hydroxyl groups excluding tert-OH is 1. The average molecular weight is 273 g/mol. The van der Waals surface area contributed by atoms with Crippen molar-refractivity contribution in [1.29, 1.82) is 0 Å². The van der Waals surface area contributed by atoms with Crippen molar-refractivity contribution < 1.29 is 9.52 Å². The van der Waals surface area contributed by atoms with Gasteiger partial charge >= 0.3 is 0 Å². The van der Waals surface area contributed by atoms with Crippen LogP contribution in [0.4, 0.5) is 0 Å². The molecule has 0 aliphatic carbocycles. The highest BCUT2D eigenvalue weighted by Gasteiger charge is 2.10. The molecular formula is C10H9BrO2S. The van der Waals surface area contributed by atoms with Gasteiger partial charge in [0, 0.05) is 26.7 Å². The zero-order chi connectivity index (χ0) is 9.97. The fourth-order valence-corrected chi connectivity index (χ4v) is 2.72. The van der Waals surface area contributed by atoms with E-state index in [9.17, 15) is 5.11 Å². The van der Waals surface area contributed by atoms with Crippen LogP contribution in [-0.4, -0.2) is 5.11 Å². The third-order valence-corrected chi connectivity index (χ3v) is 3.66. The highest BCUT2D eigenvalue weighted by Crippen LogP contribution is 2.25. The number of thiophene rings is 1. The van der Waals surface area contributed by atoms with Crippen LogP contribution in [0.25, 0.3) is 0 Å². The van der Waals surface area contributed by atoms with Crippen molar-refractivity contribution in [1.82, 2.24) is 0 Å². The van der Waals surface area contributed by atoms with Crippen molar-refractivity contribution in [3.05, 3.63) is 45.0 Å². The van der Waals surface area contributed by atoms with Crippen LogP contribution in [0.3, 0.4) is 0 Å². The van der Waals surface area contributed by atoms with Gasteiger partial charge in [0.25, 0.3) is 0 Å². The number of furan rings is 1. The summed E-state index contributed by atoms with van der Waals surface area (Å²) in [7, 11) is 0. The van der Waals surface area contributed by atoms with E-state index in [1.165, 1.54) is 0 Å². The Kier molecular flexibility index (Phi) is 3.05. The van der Waals surface area contributed by atoms with E-state index in [0.717, 1.165) is 14.9 Å². The van der Waals surface area contributed by atoms with Crippen LogP contribution < -0.4 is 0 Å². The highest BCUT2D eigenvalue weighted by molar-refractivity contribution is 9.10. The van der Waals surface area contributed by atoms with Gasteiger partial charge in [-0.05, 0) is 28.1 Å². The summed E-state index contributed by atoms with van der Waals surface area (Å²) >= 11 is 5.02. The third-order valence-electron chi connectivity index (χ3n) is 1.94. The third kappa shape index (κ3) is 2.26. The van der Waals surface area contributed by atoms with E-state index < -0.39 is 6.10 Å². The summed E-state index contributed by atoms with van der Waals surface area (Å²) in [6, 6.07) is 3.81. The predicted octanol–water partition coefficient (Wildman–Crippen LogP) is 3.38. The molecule has 0 aliphatic heterocycles. The van der Waals surface area contributed by atoms with Gasteiger partial charge in [0.15, 0.2) is 0 Å². The molecule has 2 heterocycles. The van der Waals surface area contributed by atoms with E-state index in [1.807, 2.05) is 11.4 Å². The molecule has 0 aliphatic rings. The second kappa shape index (κ2) is 4.29. The molecular weight excluding hydrogens is 264 g/mol. The fourth-order valence-electron chi connectivity index (χ4n) is 1.23. The molecule has 2 rings (SSSR count). The second-order valence-corrected chi connectivity index (χ2v) is 4.92. The van der Waals surface area contributed by atoms with E-state index in [1.54, 1.807) is 29.9 Å². The number of rotatable bonds is 3. The summed E-state index contributed by atoms with van der Waals surface area (Å²) in [6.07, 6.45) is 3.31. The van der Waals surface area contributed by atoms with Crippen LogP contribution in [0.5, 0.6) is 0 Å². The Labute approximate surface area is 94.3 Å². The van der Waals surface area contributed by atoms with E-state index in [4.69, 9.17) is 4.42 Å². The van der Waals surface area contributed by atoms with Crippen LogP contribution in [0.2, 0.25) is 0 Å². The lowest BCUT2D eigenvalue weighted by molar-refractivity contribution is 0.178.